The van der Waals surface area contributed by atoms with Crippen molar-refractivity contribution in [1.29, 1.82) is 0 Å². The molecule has 0 spiro atoms. The van der Waals surface area contributed by atoms with E-state index in [1.807, 2.05) is 19.1 Å². The zero-order valence-electron chi connectivity index (χ0n) is 35.3. The van der Waals surface area contributed by atoms with E-state index in [1.165, 1.54) is 55.3 Å². The average molecular weight is 805 g/mol. The van der Waals surface area contributed by atoms with Gasteiger partial charge in [0.2, 0.25) is 11.8 Å². The highest BCUT2D eigenvalue weighted by atomic mass is 16.6. The molecule has 316 valence electrons. The molecule has 0 fully saturated rings. The van der Waals surface area contributed by atoms with Crippen molar-refractivity contribution in [2.45, 2.75) is 83.6 Å². The minimum absolute atomic E-state index is 0.00475. The molecule has 0 saturated carbocycles. The van der Waals surface area contributed by atoms with E-state index in [0.29, 0.717) is 29.7 Å². The van der Waals surface area contributed by atoms with Crippen LogP contribution < -0.4 is 10.1 Å². The molecule has 14 nitrogen and oxygen atoms in total. The number of esters is 2. The van der Waals surface area contributed by atoms with Gasteiger partial charge in [0.05, 0.1) is 14.2 Å². The van der Waals surface area contributed by atoms with Crippen LogP contribution in [0.2, 0.25) is 0 Å². The third-order valence-electron chi connectivity index (χ3n) is 10.5. The first-order valence-corrected chi connectivity index (χ1v) is 19.4. The minimum atomic E-state index is -1.23. The summed E-state index contributed by atoms with van der Waals surface area (Å²) in [7, 11) is 9.21. The molecule has 0 aliphatic rings. The van der Waals surface area contributed by atoms with E-state index in [0.717, 1.165) is 5.56 Å². The van der Waals surface area contributed by atoms with E-state index < -0.39 is 71.8 Å². The van der Waals surface area contributed by atoms with Gasteiger partial charge in [0.25, 0.3) is 5.91 Å². The predicted molar refractivity (Wildman–Crippen MR) is 219 cm³/mol. The fourth-order valence-corrected chi connectivity index (χ4v) is 6.43. The Morgan fingerprint density at radius 2 is 1.09 bits per heavy atom. The summed E-state index contributed by atoms with van der Waals surface area (Å²) >= 11 is 0. The highest BCUT2D eigenvalue weighted by Crippen LogP contribution is 2.22. The Balaban J connectivity index is 1.92. The standard InChI is InChI=1S/C44H60N4O10/c1-11-28(4)39(58-44(55)36(46(5)6)25-31-16-22-34(56-9)23-17-31)40(51)45-38(27(2)3)42(53)47(7)35(24-29-12-18-32(49)19-13-29)41(52)48(8)37(43(54)57-10)26-30-14-20-33(50)21-15-30/h12-23,27-28,35-39,49-50H,11,24-26H2,1-10H3,(H,45,51)/t28-,35-,36+,37-,38?,39+/m1/s1. The highest BCUT2D eigenvalue weighted by molar-refractivity contribution is 5.95. The van der Waals surface area contributed by atoms with Gasteiger partial charge in [-0.1, -0.05) is 64.1 Å². The number of likely N-dealkylation sites (N-methyl/N-ethyl adjacent to an activating group) is 3. The molecule has 14 heteroatoms. The lowest BCUT2D eigenvalue weighted by atomic mass is 9.96. The van der Waals surface area contributed by atoms with Crippen molar-refractivity contribution in [2.75, 3.05) is 42.4 Å². The summed E-state index contributed by atoms with van der Waals surface area (Å²) in [6.45, 7) is 7.18. The molecule has 3 aromatic rings. The molecular weight excluding hydrogens is 745 g/mol. The second-order valence-electron chi connectivity index (χ2n) is 15.2. The number of carbonyl (C=O) groups excluding carboxylic acids is 5. The zero-order valence-corrected chi connectivity index (χ0v) is 35.3. The molecule has 3 N–H and O–H groups in total. The Labute approximate surface area is 342 Å². The van der Waals surface area contributed by atoms with Gasteiger partial charge in [0.1, 0.15) is 41.4 Å². The number of nitrogens with zero attached hydrogens (tertiary/aromatic N) is 3. The second-order valence-corrected chi connectivity index (χ2v) is 15.2. The van der Waals surface area contributed by atoms with Gasteiger partial charge in [0, 0.05) is 32.9 Å². The Hall–Kier alpha value is -5.63. The number of methoxy groups -OCH3 is 2. The Kier molecular flexibility index (Phi) is 17.5. The van der Waals surface area contributed by atoms with Crippen LogP contribution in [0.25, 0.3) is 0 Å². The van der Waals surface area contributed by atoms with E-state index in [2.05, 4.69) is 5.32 Å². The summed E-state index contributed by atoms with van der Waals surface area (Å²) in [4.78, 5) is 74.2. The van der Waals surface area contributed by atoms with Crippen LogP contribution in [0.1, 0.15) is 50.8 Å². The SMILES string of the molecule is CC[C@@H](C)[C@H](OC(=O)[C@H](Cc1ccc(OC)cc1)N(C)C)C(=O)NC(C(=O)N(C)[C@H](Cc1ccc(O)cc1)C(=O)N(C)[C@H](Cc1ccc(O)cc1)C(=O)OC)C(C)C. The summed E-state index contributed by atoms with van der Waals surface area (Å²) in [5, 5.41) is 22.6. The maximum absolute atomic E-state index is 14.5. The number of benzene rings is 3. The molecule has 0 bridgehead atoms. The molecule has 3 aromatic carbocycles. The molecule has 3 rings (SSSR count). The van der Waals surface area contributed by atoms with Crippen molar-refractivity contribution in [2.24, 2.45) is 11.8 Å². The number of hydrogen-bond donors (Lipinski definition) is 3. The monoisotopic (exact) mass is 804 g/mol. The van der Waals surface area contributed by atoms with E-state index in [1.54, 1.807) is 83.3 Å². The number of phenolic OH excluding ortho intramolecular Hbond substituents is 2. The van der Waals surface area contributed by atoms with Gasteiger partial charge in [-0.25, -0.2) is 4.79 Å². The molecule has 0 aliphatic carbocycles. The maximum Gasteiger partial charge on any atom is 0.328 e. The summed E-state index contributed by atoms with van der Waals surface area (Å²) in [5.41, 5.74) is 2.15. The minimum Gasteiger partial charge on any atom is -0.508 e. The lowest BCUT2D eigenvalue weighted by Gasteiger charge is -2.36. The first-order valence-electron chi connectivity index (χ1n) is 19.4. The number of hydrogen-bond acceptors (Lipinski definition) is 11. The summed E-state index contributed by atoms with van der Waals surface area (Å²) < 4.78 is 16.3. The van der Waals surface area contributed by atoms with Crippen molar-refractivity contribution < 1.29 is 48.4 Å². The van der Waals surface area contributed by atoms with Crippen molar-refractivity contribution in [1.82, 2.24) is 20.0 Å². The van der Waals surface area contributed by atoms with Gasteiger partial charge in [-0.2, -0.15) is 0 Å². The number of carbonyl (C=O) groups is 5. The summed E-state index contributed by atoms with van der Waals surface area (Å²) in [6, 6.07) is 15.6. The molecule has 0 radical (unpaired) electrons. The summed E-state index contributed by atoms with van der Waals surface area (Å²) in [5.74, 6) is -3.22. The van der Waals surface area contributed by atoms with E-state index in [-0.39, 0.29) is 24.3 Å². The molecule has 58 heavy (non-hydrogen) atoms. The van der Waals surface area contributed by atoms with Crippen molar-refractivity contribution in [3.05, 3.63) is 89.5 Å². The molecule has 6 atom stereocenters. The fourth-order valence-electron chi connectivity index (χ4n) is 6.43. The fraction of sp³-hybridized carbons (Fsp3) is 0.477. The van der Waals surface area contributed by atoms with Crippen LogP contribution in [0, 0.1) is 11.8 Å². The highest BCUT2D eigenvalue weighted by Gasteiger charge is 2.40. The number of ether oxygens (including phenoxy) is 3. The predicted octanol–water partition coefficient (Wildman–Crippen LogP) is 3.99. The van der Waals surface area contributed by atoms with Gasteiger partial charge in [-0.3, -0.25) is 24.1 Å². The zero-order chi connectivity index (χ0) is 43.3. The number of rotatable bonds is 20. The number of nitrogens with one attached hydrogen (secondary N) is 1. The van der Waals surface area contributed by atoms with Crippen LogP contribution in [-0.4, -0.2) is 127 Å². The van der Waals surface area contributed by atoms with Crippen molar-refractivity contribution in [3.63, 3.8) is 0 Å². The van der Waals surface area contributed by atoms with Crippen LogP contribution in [0.5, 0.6) is 17.2 Å². The van der Waals surface area contributed by atoms with Crippen molar-refractivity contribution in [3.8, 4) is 17.2 Å². The topological polar surface area (TPSA) is 175 Å². The van der Waals surface area contributed by atoms with Crippen LogP contribution in [0.4, 0.5) is 0 Å². The van der Waals surface area contributed by atoms with Gasteiger partial charge in [-0.05, 0) is 85.9 Å². The Morgan fingerprint density at radius 3 is 1.52 bits per heavy atom. The van der Waals surface area contributed by atoms with Crippen LogP contribution in [0.3, 0.4) is 0 Å². The Morgan fingerprint density at radius 1 is 0.638 bits per heavy atom. The van der Waals surface area contributed by atoms with E-state index >= 15 is 0 Å². The molecule has 1 unspecified atom stereocenters. The lowest BCUT2D eigenvalue weighted by Crippen LogP contribution is -2.59. The third-order valence-corrected chi connectivity index (χ3v) is 10.5. The van der Waals surface area contributed by atoms with Gasteiger partial charge in [0.15, 0.2) is 6.10 Å². The third kappa shape index (κ3) is 12.7. The lowest BCUT2D eigenvalue weighted by molar-refractivity contribution is -0.164. The van der Waals surface area contributed by atoms with Crippen LogP contribution in [0.15, 0.2) is 72.8 Å². The van der Waals surface area contributed by atoms with Gasteiger partial charge >= 0.3 is 11.9 Å². The first-order chi connectivity index (χ1) is 27.4. The molecule has 0 aromatic heterocycles. The second kappa shape index (κ2) is 21.8. The van der Waals surface area contributed by atoms with Crippen molar-refractivity contribution >= 4 is 29.7 Å². The average Bonchev–Trinajstić information content (AvgIpc) is 3.21. The summed E-state index contributed by atoms with van der Waals surface area (Å²) in [6.07, 6.45) is -0.341. The Bertz CT molecular complexity index is 1820. The molecule has 0 aliphatic heterocycles. The molecular formula is C44H60N4O10. The number of phenols is 2. The molecule has 0 heterocycles. The smallest absolute Gasteiger partial charge is 0.328 e. The molecule has 3 amide bonds. The molecule has 0 saturated heterocycles. The van der Waals surface area contributed by atoms with Crippen LogP contribution in [-0.2, 0) is 52.7 Å². The number of aromatic hydroxyl groups is 2. The quantitative estimate of drug-likeness (QED) is 0.141. The van der Waals surface area contributed by atoms with E-state index in [9.17, 15) is 34.2 Å². The van der Waals surface area contributed by atoms with Gasteiger partial charge < -0.3 is 39.5 Å². The number of amides is 3. The van der Waals surface area contributed by atoms with Gasteiger partial charge in [-0.15, -0.1) is 0 Å². The van der Waals surface area contributed by atoms with Crippen LogP contribution >= 0.6 is 0 Å². The first kappa shape index (κ1) is 46.8. The normalized spacial score (nSPS) is 14.3. The largest absolute Gasteiger partial charge is 0.508 e. The maximum atomic E-state index is 14.5. The van der Waals surface area contributed by atoms with E-state index in [4.69, 9.17) is 14.2 Å².